The summed E-state index contributed by atoms with van der Waals surface area (Å²) in [5.41, 5.74) is 0. The maximum absolute atomic E-state index is 11.4. The highest BCUT2D eigenvalue weighted by atomic mass is 31.2. The molecule has 0 aliphatic carbocycles. The highest BCUT2D eigenvalue weighted by Gasteiger charge is 2.19. The molecule has 0 aromatic rings. The second-order valence-corrected chi connectivity index (χ2v) is 5.55. The molecule has 0 amide bonds. The van der Waals surface area contributed by atoms with Gasteiger partial charge in [0.15, 0.2) is 0 Å². The average molecular weight is 282 g/mol. The Morgan fingerprint density at radius 1 is 0.889 bits per heavy atom. The van der Waals surface area contributed by atoms with Gasteiger partial charge in [0.2, 0.25) is 0 Å². The van der Waals surface area contributed by atoms with Crippen LogP contribution in [-0.4, -0.2) is 31.3 Å². The van der Waals surface area contributed by atoms with Crippen LogP contribution >= 0.6 is 7.82 Å². The largest absolute Gasteiger partial charge is 0.472 e. The van der Waals surface area contributed by atoms with Gasteiger partial charge in [-0.3, -0.25) is 9.05 Å². The lowest BCUT2D eigenvalue weighted by molar-refractivity contribution is 0.0823. The first kappa shape index (κ1) is 18.1. The molecule has 0 aromatic carbocycles. The number of unbranched alkanes of at least 4 members (excludes halogenated alkanes) is 5. The van der Waals surface area contributed by atoms with Crippen molar-refractivity contribution in [3.05, 3.63) is 0 Å². The molecule has 0 spiro atoms. The molecule has 0 radical (unpaired) electrons. The monoisotopic (exact) mass is 282 g/mol. The van der Waals surface area contributed by atoms with Gasteiger partial charge in [-0.1, -0.05) is 39.0 Å². The molecule has 0 bridgehead atoms. The van der Waals surface area contributed by atoms with Crippen LogP contribution in [0, 0.1) is 0 Å². The standard InChI is InChI=1S/C12H27O5P/c1-3-5-6-7-8-9-10-16-18(13,14)17-12-11-15-4-2/h3-12H2,1-2H3,(H,13,14). The lowest BCUT2D eigenvalue weighted by Gasteiger charge is -2.11. The van der Waals surface area contributed by atoms with Crippen molar-refractivity contribution in [2.45, 2.75) is 52.4 Å². The predicted octanol–water partition coefficient (Wildman–Crippen LogP) is 3.52. The molecule has 1 N–H and O–H groups in total. The van der Waals surface area contributed by atoms with Gasteiger partial charge in [-0.25, -0.2) is 4.57 Å². The molecule has 0 saturated carbocycles. The molecule has 110 valence electrons. The van der Waals surface area contributed by atoms with E-state index in [1.165, 1.54) is 19.3 Å². The second kappa shape index (κ2) is 12.1. The first-order valence-electron chi connectivity index (χ1n) is 6.82. The first-order chi connectivity index (χ1) is 8.62. The Labute approximate surface area is 110 Å². The van der Waals surface area contributed by atoms with Crippen LogP contribution in [0.15, 0.2) is 0 Å². The minimum Gasteiger partial charge on any atom is -0.379 e. The van der Waals surface area contributed by atoms with Gasteiger partial charge in [0.05, 0.1) is 19.8 Å². The van der Waals surface area contributed by atoms with Gasteiger partial charge >= 0.3 is 7.82 Å². The summed E-state index contributed by atoms with van der Waals surface area (Å²) in [6, 6.07) is 0. The van der Waals surface area contributed by atoms with Gasteiger partial charge in [-0.2, -0.15) is 0 Å². The average Bonchev–Trinajstić information content (AvgIpc) is 2.34. The fourth-order valence-electron chi connectivity index (χ4n) is 1.46. The van der Waals surface area contributed by atoms with E-state index in [2.05, 4.69) is 6.92 Å². The number of phosphoric ester groups is 1. The number of ether oxygens (including phenoxy) is 1. The van der Waals surface area contributed by atoms with Crippen LogP contribution in [0.1, 0.15) is 52.4 Å². The number of phosphoric acid groups is 1. The summed E-state index contributed by atoms with van der Waals surface area (Å²) >= 11 is 0. The van der Waals surface area contributed by atoms with E-state index < -0.39 is 7.82 Å². The summed E-state index contributed by atoms with van der Waals surface area (Å²) in [7, 11) is -3.87. The molecule has 18 heavy (non-hydrogen) atoms. The van der Waals surface area contributed by atoms with E-state index in [4.69, 9.17) is 13.8 Å². The van der Waals surface area contributed by atoms with Crippen molar-refractivity contribution < 1.29 is 23.2 Å². The SMILES string of the molecule is CCCCCCCCOP(=O)(O)OCCOCC. The lowest BCUT2D eigenvalue weighted by Crippen LogP contribution is -2.04. The molecular weight excluding hydrogens is 255 g/mol. The van der Waals surface area contributed by atoms with Gasteiger partial charge in [0.25, 0.3) is 0 Å². The minimum atomic E-state index is -3.87. The maximum atomic E-state index is 11.4. The Balaban J connectivity index is 3.38. The zero-order chi connectivity index (χ0) is 13.7. The molecule has 6 heteroatoms. The van der Waals surface area contributed by atoms with Crippen LogP contribution in [0.5, 0.6) is 0 Å². The van der Waals surface area contributed by atoms with Crippen LogP contribution in [0.4, 0.5) is 0 Å². The molecule has 0 rings (SSSR count). The zero-order valence-electron chi connectivity index (χ0n) is 11.6. The Morgan fingerprint density at radius 3 is 2.17 bits per heavy atom. The molecule has 0 aliphatic heterocycles. The molecule has 0 aliphatic rings. The van der Waals surface area contributed by atoms with Crippen LogP contribution in [0.2, 0.25) is 0 Å². The summed E-state index contributed by atoms with van der Waals surface area (Å²) in [4.78, 5) is 9.31. The third kappa shape index (κ3) is 12.5. The predicted molar refractivity (Wildman–Crippen MR) is 71.6 cm³/mol. The summed E-state index contributed by atoms with van der Waals surface area (Å²) in [5.74, 6) is 0. The van der Waals surface area contributed by atoms with Crippen molar-refractivity contribution in [2.24, 2.45) is 0 Å². The topological polar surface area (TPSA) is 65.0 Å². The van der Waals surface area contributed by atoms with Crippen molar-refractivity contribution in [3.8, 4) is 0 Å². The fraction of sp³-hybridized carbons (Fsp3) is 1.00. The van der Waals surface area contributed by atoms with Crippen LogP contribution in [0.3, 0.4) is 0 Å². The maximum Gasteiger partial charge on any atom is 0.472 e. The normalized spacial score (nSPS) is 14.6. The van der Waals surface area contributed by atoms with E-state index in [1.54, 1.807) is 0 Å². The highest BCUT2D eigenvalue weighted by molar-refractivity contribution is 7.47. The summed E-state index contributed by atoms with van der Waals surface area (Å²) in [6.45, 7) is 5.25. The second-order valence-electron chi connectivity index (χ2n) is 4.10. The molecule has 1 atom stereocenters. The Bertz CT molecular complexity index is 223. The van der Waals surface area contributed by atoms with E-state index >= 15 is 0 Å². The van der Waals surface area contributed by atoms with Crippen LogP contribution in [0.25, 0.3) is 0 Å². The lowest BCUT2D eigenvalue weighted by atomic mass is 10.1. The van der Waals surface area contributed by atoms with E-state index in [-0.39, 0.29) is 13.2 Å². The fourth-order valence-corrected chi connectivity index (χ4v) is 2.20. The quantitative estimate of drug-likeness (QED) is 0.413. The van der Waals surface area contributed by atoms with Crippen molar-refractivity contribution in [3.63, 3.8) is 0 Å². The van der Waals surface area contributed by atoms with E-state index in [0.29, 0.717) is 13.2 Å². The zero-order valence-corrected chi connectivity index (χ0v) is 12.5. The van der Waals surface area contributed by atoms with Crippen molar-refractivity contribution in [1.82, 2.24) is 0 Å². The van der Waals surface area contributed by atoms with E-state index in [9.17, 15) is 9.46 Å². The van der Waals surface area contributed by atoms with Crippen molar-refractivity contribution in [1.29, 1.82) is 0 Å². The minimum absolute atomic E-state index is 0.0815. The third-order valence-corrected chi connectivity index (χ3v) is 3.46. The van der Waals surface area contributed by atoms with E-state index in [1.807, 2.05) is 6.92 Å². The van der Waals surface area contributed by atoms with Gasteiger partial charge in [0.1, 0.15) is 0 Å². The molecule has 1 unspecified atom stereocenters. The van der Waals surface area contributed by atoms with Gasteiger partial charge in [-0.15, -0.1) is 0 Å². The Hall–Kier alpha value is 0.0700. The van der Waals surface area contributed by atoms with Crippen molar-refractivity contribution in [2.75, 3.05) is 26.4 Å². The van der Waals surface area contributed by atoms with Gasteiger partial charge in [0, 0.05) is 6.61 Å². The van der Waals surface area contributed by atoms with Gasteiger partial charge < -0.3 is 9.63 Å². The molecule has 0 saturated heterocycles. The number of hydrogen-bond acceptors (Lipinski definition) is 4. The Kier molecular flexibility index (Phi) is 12.2. The van der Waals surface area contributed by atoms with Crippen LogP contribution in [-0.2, 0) is 18.3 Å². The summed E-state index contributed by atoms with van der Waals surface area (Å²) < 4.78 is 26.0. The summed E-state index contributed by atoms with van der Waals surface area (Å²) in [5, 5.41) is 0. The third-order valence-electron chi connectivity index (χ3n) is 2.44. The van der Waals surface area contributed by atoms with Crippen molar-refractivity contribution >= 4 is 7.82 Å². The van der Waals surface area contributed by atoms with Crippen LogP contribution < -0.4 is 0 Å². The Morgan fingerprint density at radius 2 is 1.50 bits per heavy atom. The molecular formula is C12H27O5P. The highest BCUT2D eigenvalue weighted by Crippen LogP contribution is 2.43. The molecule has 5 nitrogen and oxygen atoms in total. The van der Waals surface area contributed by atoms with Gasteiger partial charge in [-0.05, 0) is 13.3 Å². The number of rotatable bonds is 13. The molecule has 0 heterocycles. The molecule has 0 aromatic heterocycles. The number of hydrogen-bond donors (Lipinski definition) is 1. The van der Waals surface area contributed by atoms with E-state index in [0.717, 1.165) is 19.3 Å². The summed E-state index contributed by atoms with van der Waals surface area (Å²) in [6.07, 6.45) is 6.66. The first-order valence-corrected chi connectivity index (χ1v) is 8.31. The molecule has 0 fully saturated rings. The smallest absolute Gasteiger partial charge is 0.379 e.